The SMILES string of the molecule is CC1CCC(C(=O)N(CCBr)Cc2ccccc2)CC1. The van der Waals surface area contributed by atoms with Gasteiger partial charge in [-0.05, 0) is 37.2 Å². The highest BCUT2D eigenvalue weighted by Crippen LogP contribution is 2.30. The van der Waals surface area contributed by atoms with E-state index < -0.39 is 0 Å². The monoisotopic (exact) mass is 337 g/mol. The van der Waals surface area contributed by atoms with Crippen LogP contribution < -0.4 is 0 Å². The van der Waals surface area contributed by atoms with Crippen LogP contribution in [0, 0.1) is 11.8 Å². The topological polar surface area (TPSA) is 20.3 Å². The summed E-state index contributed by atoms with van der Waals surface area (Å²) in [6.07, 6.45) is 4.52. The highest BCUT2D eigenvalue weighted by atomic mass is 79.9. The molecule has 1 aliphatic rings. The van der Waals surface area contributed by atoms with Crippen LogP contribution in [-0.4, -0.2) is 22.7 Å². The summed E-state index contributed by atoms with van der Waals surface area (Å²) < 4.78 is 0. The van der Waals surface area contributed by atoms with E-state index in [1.165, 1.54) is 18.4 Å². The minimum absolute atomic E-state index is 0.244. The zero-order chi connectivity index (χ0) is 14.4. The molecule has 0 heterocycles. The molecule has 0 bridgehead atoms. The number of nitrogens with zero attached hydrogens (tertiary/aromatic N) is 1. The Morgan fingerprint density at radius 1 is 1.20 bits per heavy atom. The van der Waals surface area contributed by atoms with Crippen LogP contribution in [0.2, 0.25) is 0 Å². The first-order valence-corrected chi connectivity index (χ1v) is 8.71. The summed E-state index contributed by atoms with van der Waals surface area (Å²) in [5.41, 5.74) is 1.21. The van der Waals surface area contributed by atoms with Crippen molar-refractivity contribution in [3.8, 4) is 0 Å². The molecule has 0 aliphatic heterocycles. The van der Waals surface area contributed by atoms with Gasteiger partial charge < -0.3 is 4.90 Å². The number of halogens is 1. The molecule has 110 valence electrons. The quantitative estimate of drug-likeness (QED) is 0.736. The lowest BCUT2D eigenvalue weighted by atomic mass is 9.82. The fourth-order valence-corrected chi connectivity index (χ4v) is 3.37. The Hall–Kier alpha value is -0.830. The first-order valence-electron chi connectivity index (χ1n) is 7.59. The van der Waals surface area contributed by atoms with Crippen molar-refractivity contribution in [1.29, 1.82) is 0 Å². The van der Waals surface area contributed by atoms with Gasteiger partial charge in [-0.1, -0.05) is 53.2 Å². The molecule has 0 radical (unpaired) electrons. The van der Waals surface area contributed by atoms with Gasteiger partial charge in [0.1, 0.15) is 0 Å². The van der Waals surface area contributed by atoms with Crippen molar-refractivity contribution in [2.24, 2.45) is 11.8 Å². The van der Waals surface area contributed by atoms with Gasteiger partial charge in [0.2, 0.25) is 5.91 Å². The van der Waals surface area contributed by atoms with E-state index in [2.05, 4.69) is 35.0 Å². The zero-order valence-corrected chi connectivity index (χ0v) is 13.8. The molecule has 1 fully saturated rings. The van der Waals surface area contributed by atoms with Crippen molar-refractivity contribution in [2.75, 3.05) is 11.9 Å². The van der Waals surface area contributed by atoms with E-state index in [1.54, 1.807) is 0 Å². The third-order valence-electron chi connectivity index (χ3n) is 4.25. The number of rotatable bonds is 5. The molecule has 2 nitrogen and oxygen atoms in total. The summed E-state index contributed by atoms with van der Waals surface area (Å²) in [6, 6.07) is 10.3. The summed E-state index contributed by atoms with van der Waals surface area (Å²) >= 11 is 3.47. The summed E-state index contributed by atoms with van der Waals surface area (Å²) in [7, 11) is 0. The minimum Gasteiger partial charge on any atom is -0.337 e. The van der Waals surface area contributed by atoms with Crippen molar-refractivity contribution in [3.05, 3.63) is 35.9 Å². The second-order valence-corrected chi connectivity index (χ2v) is 6.68. The van der Waals surface area contributed by atoms with E-state index in [4.69, 9.17) is 0 Å². The van der Waals surface area contributed by atoms with Crippen LogP contribution >= 0.6 is 15.9 Å². The Labute approximate surface area is 130 Å². The summed E-state index contributed by atoms with van der Waals surface area (Å²) in [4.78, 5) is 14.7. The molecular formula is C17H24BrNO. The van der Waals surface area contributed by atoms with Crippen LogP contribution in [0.5, 0.6) is 0 Å². The van der Waals surface area contributed by atoms with Gasteiger partial charge in [-0.2, -0.15) is 0 Å². The molecule has 1 aliphatic carbocycles. The normalized spacial score (nSPS) is 22.5. The van der Waals surface area contributed by atoms with Crippen molar-refractivity contribution < 1.29 is 4.79 Å². The third kappa shape index (κ3) is 4.34. The van der Waals surface area contributed by atoms with Crippen LogP contribution in [-0.2, 0) is 11.3 Å². The molecule has 0 atom stereocenters. The van der Waals surface area contributed by atoms with Crippen LogP contribution in [0.25, 0.3) is 0 Å². The first kappa shape index (κ1) is 15.6. The van der Waals surface area contributed by atoms with E-state index in [-0.39, 0.29) is 5.92 Å². The smallest absolute Gasteiger partial charge is 0.226 e. The van der Waals surface area contributed by atoms with Gasteiger partial charge in [-0.25, -0.2) is 0 Å². The Kier molecular flexibility index (Phi) is 6.08. The molecule has 3 heteroatoms. The van der Waals surface area contributed by atoms with E-state index in [0.717, 1.165) is 37.2 Å². The molecule has 0 N–H and O–H groups in total. The van der Waals surface area contributed by atoms with Crippen molar-refractivity contribution in [2.45, 2.75) is 39.2 Å². The molecule has 1 amide bonds. The van der Waals surface area contributed by atoms with E-state index in [9.17, 15) is 4.79 Å². The first-order chi connectivity index (χ1) is 9.70. The average Bonchev–Trinajstić information content (AvgIpc) is 2.48. The van der Waals surface area contributed by atoms with Crippen molar-refractivity contribution in [3.63, 3.8) is 0 Å². The molecule has 1 saturated carbocycles. The third-order valence-corrected chi connectivity index (χ3v) is 4.60. The lowest BCUT2D eigenvalue weighted by Crippen LogP contribution is -2.38. The highest BCUT2D eigenvalue weighted by molar-refractivity contribution is 9.09. The lowest BCUT2D eigenvalue weighted by molar-refractivity contribution is -0.137. The standard InChI is InChI=1S/C17H24BrNO/c1-14-7-9-16(10-8-14)17(20)19(12-11-18)13-15-5-3-2-4-6-15/h2-6,14,16H,7-13H2,1H3. The average molecular weight is 338 g/mol. The Bertz CT molecular complexity index is 412. The maximum absolute atomic E-state index is 12.7. The molecule has 20 heavy (non-hydrogen) atoms. The predicted octanol–water partition coefficient (Wildman–Crippen LogP) is 4.24. The van der Waals surface area contributed by atoms with Gasteiger partial charge in [-0.15, -0.1) is 0 Å². The summed E-state index contributed by atoms with van der Waals surface area (Å²) in [5, 5.41) is 0.842. The zero-order valence-electron chi connectivity index (χ0n) is 12.2. The summed E-state index contributed by atoms with van der Waals surface area (Å²) in [6.45, 7) is 3.82. The van der Waals surface area contributed by atoms with E-state index in [0.29, 0.717) is 5.91 Å². The fraction of sp³-hybridized carbons (Fsp3) is 0.588. The maximum Gasteiger partial charge on any atom is 0.226 e. The minimum atomic E-state index is 0.244. The Balaban J connectivity index is 1.98. The molecule has 1 aromatic carbocycles. The molecule has 1 aromatic rings. The largest absolute Gasteiger partial charge is 0.337 e. The van der Waals surface area contributed by atoms with Gasteiger partial charge in [0, 0.05) is 24.3 Å². The van der Waals surface area contributed by atoms with E-state index in [1.807, 2.05) is 23.1 Å². The number of carbonyl (C=O) groups excluding carboxylic acids is 1. The second kappa shape index (κ2) is 7.82. The molecule has 0 saturated heterocycles. The van der Waals surface area contributed by atoms with Gasteiger partial charge in [-0.3, -0.25) is 4.79 Å². The van der Waals surface area contributed by atoms with Gasteiger partial charge in [0.25, 0.3) is 0 Å². The molecule has 0 unspecified atom stereocenters. The number of hydrogen-bond acceptors (Lipinski definition) is 1. The number of alkyl halides is 1. The number of benzene rings is 1. The molecule has 2 rings (SSSR count). The predicted molar refractivity (Wildman–Crippen MR) is 86.8 cm³/mol. The molecular weight excluding hydrogens is 314 g/mol. The maximum atomic E-state index is 12.7. The molecule has 0 spiro atoms. The lowest BCUT2D eigenvalue weighted by Gasteiger charge is -2.31. The number of carbonyl (C=O) groups is 1. The summed E-state index contributed by atoms with van der Waals surface area (Å²) in [5.74, 6) is 1.38. The molecule has 0 aromatic heterocycles. The van der Waals surface area contributed by atoms with Crippen molar-refractivity contribution in [1.82, 2.24) is 4.90 Å². The van der Waals surface area contributed by atoms with Crippen LogP contribution in [0.1, 0.15) is 38.2 Å². The van der Waals surface area contributed by atoms with Crippen LogP contribution in [0.3, 0.4) is 0 Å². The van der Waals surface area contributed by atoms with Crippen LogP contribution in [0.15, 0.2) is 30.3 Å². The van der Waals surface area contributed by atoms with Gasteiger partial charge >= 0.3 is 0 Å². The second-order valence-electron chi connectivity index (χ2n) is 5.89. The van der Waals surface area contributed by atoms with Crippen LogP contribution in [0.4, 0.5) is 0 Å². The number of amides is 1. The van der Waals surface area contributed by atoms with E-state index >= 15 is 0 Å². The van der Waals surface area contributed by atoms with Crippen molar-refractivity contribution >= 4 is 21.8 Å². The Morgan fingerprint density at radius 2 is 1.85 bits per heavy atom. The Morgan fingerprint density at radius 3 is 2.45 bits per heavy atom. The van der Waals surface area contributed by atoms with Gasteiger partial charge in [0.15, 0.2) is 0 Å². The van der Waals surface area contributed by atoms with Gasteiger partial charge in [0.05, 0.1) is 0 Å². The number of hydrogen-bond donors (Lipinski definition) is 0. The fourth-order valence-electron chi connectivity index (χ4n) is 2.94. The highest BCUT2D eigenvalue weighted by Gasteiger charge is 2.27.